The summed E-state index contributed by atoms with van der Waals surface area (Å²) in [4.78, 5) is 30.3. The van der Waals surface area contributed by atoms with Crippen LogP contribution in [-0.4, -0.2) is 43.8 Å². The zero-order valence-corrected chi connectivity index (χ0v) is 27.8. The Balaban J connectivity index is 1.57. The number of nitrogens with one attached hydrogen (secondary N) is 1. The smallest absolute Gasteiger partial charge is 0.264 e. The number of amides is 2. The summed E-state index contributed by atoms with van der Waals surface area (Å²) in [6.07, 6.45) is 4.16. The average Bonchev–Trinajstić information content (AvgIpc) is 3.55. The normalized spacial score (nSPS) is 14.1. The Hall–Kier alpha value is -4.14. The first-order chi connectivity index (χ1) is 22.1. The zero-order chi connectivity index (χ0) is 32.7. The van der Waals surface area contributed by atoms with Crippen molar-refractivity contribution in [2.24, 2.45) is 0 Å². The van der Waals surface area contributed by atoms with Gasteiger partial charge in [-0.15, -0.1) is 0 Å². The molecule has 1 aliphatic carbocycles. The minimum absolute atomic E-state index is 0.0477. The van der Waals surface area contributed by atoms with Gasteiger partial charge in [0, 0.05) is 24.0 Å². The molecule has 0 aromatic heterocycles. The maximum atomic E-state index is 14.6. The molecule has 9 heteroatoms. The van der Waals surface area contributed by atoms with Crippen molar-refractivity contribution in [1.82, 2.24) is 10.2 Å². The Bertz CT molecular complexity index is 1760. The van der Waals surface area contributed by atoms with Gasteiger partial charge in [0.15, 0.2) is 0 Å². The standard InChI is InChI=1S/C37H40ClN3O4S/c1-27-18-20-34(21-19-27)46(44,45)41(33-17-9-14-31(38)24-33)26-36(42)40(25-30-13-8-10-28(2)22-30)35(23-29-11-4-3-5-12-29)37(43)39-32-15-6-7-16-32/h3-5,8-14,17-22,24,32,35H,6-7,15-16,23,25-26H2,1-2H3,(H,39,43)/t35-/m1/s1. The van der Waals surface area contributed by atoms with Gasteiger partial charge in [0.25, 0.3) is 10.0 Å². The Labute approximate surface area is 277 Å². The first-order valence-electron chi connectivity index (χ1n) is 15.6. The number of sulfonamides is 1. The lowest BCUT2D eigenvalue weighted by Crippen LogP contribution is -2.54. The highest BCUT2D eigenvalue weighted by molar-refractivity contribution is 7.92. The molecule has 0 bridgehead atoms. The van der Waals surface area contributed by atoms with E-state index in [1.165, 1.54) is 23.1 Å². The van der Waals surface area contributed by atoms with Crippen LogP contribution in [0.4, 0.5) is 5.69 Å². The molecule has 240 valence electrons. The molecule has 2 amide bonds. The van der Waals surface area contributed by atoms with E-state index >= 15 is 0 Å². The Morgan fingerprint density at radius 3 is 2.17 bits per heavy atom. The molecular weight excluding hydrogens is 618 g/mol. The molecule has 1 N–H and O–H groups in total. The monoisotopic (exact) mass is 657 g/mol. The largest absolute Gasteiger partial charge is 0.352 e. The molecule has 1 atom stereocenters. The van der Waals surface area contributed by atoms with Crippen molar-refractivity contribution in [1.29, 1.82) is 0 Å². The number of nitrogens with zero attached hydrogens (tertiary/aromatic N) is 2. The highest BCUT2D eigenvalue weighted by Gasteiger charge is 2.35. The minimum Gasteiger partial charge on any atom is -0.352 e. The van der Waals surface area contributed by atoms with Gasteiger partial charge in [-0.2, -0.15) is 0 Å². The number of benzene rings is 4. The fraction of sp³-hybridized carbons (Fsp3) is 0.297. The van der Waals surface area contributed by atoms with E-state index in [2.05, 4.69) is 5.32 Å². The van der Waals surface area contributed by atoms with Gasteiger partial charge < -0.3 is 10.2 Å². The quantitative estimate of drug-likeness (QED) is 0.181. The van der Waals surface area contributed by atoms with Crippen molar-refractivity contribution in [2.75, 3.05) is 10.8 Å². The summed E-state index contributed by atoms with van der Waals surface area (Å²) in [5, 5.41) is 3.54. The van der Waals surface area contributed by atoms with E-state index in [9.17, 15) is 18.0 Å². The number of anilines is 1. The fourth-order valence-electron chi connectivity index (χ4n) is 5.93. The molecule has 0 radical (unpaired) electrons. The third-order valence-electron chi connectivity index (χ3n) is 8.39. The Kier molecular flexibility index (Phi) is 10.8. The predicted molar refractivity (Wildman–Crippen MR) is 183 cm³/mol. The van der Waals surface area contributed by atoms with Crippen LogP contribution in [0, 0.1) is 13.8 Å². The van der Waals surface area contributed by atoms with Gasteiger partial charge in [-0.3, -0.25) is 13.9 Å². The number of rotatable bonds is 12. The SMILES string of the molecule is Cc1ccc(S(=O)(=O)N(CC(=O)N(Cc2cccc(C)c2)[C@H](Cc2ccccc2)C(=O)NC2CCCC2)c2cccc(Cl)c2)cc1. The highest BCUT2D eigenvalue weighted by Crippen LogP contribution is 2.28. The minimum atomic E-state index is -4.19. The second kappa shape index (κ2) is 15.0. The number of carbonyl (C=O) groups excluding carboxylic acids is 2. The van der Waals surface area contributed by atoms with E-state index in [0.29, 0.717) is 5.02 Å². The summed E-state index contributed by atoms with van der Waals surface area (Å²) in [5.41, 5.74) is 3.92. The van der Waals surface area contributed by atoms with E-state index in [0.717, 1.165) is 52.2 Å². The summed E-state index contributed by atoms with van der Waals surface area (Å²) in [7, 11) is -4.19. The summed E-state index contributed by atoms with van der Waals surface area (Å²) < 4.78 is 29.4. The van der Waals surface area contributed by atoms with Crippen molar-refractivity contribution in [3.05, 3.63) is 130 Å². The highest BCUT2D eigenvalue weighted by atomic mass is 35.5. The molecule has 0 aliphatic heterocycles. The Morgan fingerprint density at radius 2 is 1.50 bits per heavy atom. The van der Waals surface area contributed by atoms with Crippen LogP contribution >= 0.6 is 11.6 Å². The molecule has 0 saturated heterocycles. The van der Waals surface area contributed by atoms with Gasteiger partial charge in [0.1, 0.15) is 12.6 Å². The molecule has 7 nitrogen and oxygen atoms in total. The third kappa shape index (κ3) is 8.36. The summed E-state index contributed by atoms with van der Waals surface area (Å²) in [5.74, 6) is -0.743. The van der Waals surface area contributed by atoms with E-state index in [-0.39, 0.29) is 35.5 Å². The van der Waals surface area contributed by atoms with Gasteiger partial charge in [0.05, 0.1) is 10.6 Å². The molecule has 0 heterocycles. The number of hydrogen-bond acceptors (Lipinski definition) is 4. The number of carbonyl (C=O) groups is 2. The van der Waals surface area contributed by atoms with Crippen molar-refractivity contribution < 1.29 is 18.0 Å². The molecule has 4 aromatic rings. The van der Waals surface area contributed by atoms with Crippen molar-refractivity contribution >= 4 is 39.1 Å². The van der Waals surface area contributed by atoms with Crippen LogP contribution in [-0.2, 0) is 32.6 Å². The van der Waals surface area contributed by atoms with E-state index < -0.39 is 28.5 Å². The van der Waals surface area contributed by atoms with Crippen LogP contribution in [0.2, 0.25) is 5.02 Å². The third-order valence-corrected chi connectivity index (χ3v) is 10.4. The summed E-state index contributed by atoms with van der Waals surface area (Å²) in [6.45, 7) is 3.45. The lowest BCUT2D eigenvalue weighted by Gasteiger charge is -2.34. The van der Waals surface area contributed by atoms with Gasteiger partial charge in [0.2, 0.25) is 11.8 Å². The summed E-state index contributed by atoms with van der Waals surface area (Å²) in [6, 6.07) is 29.5. The lowest BCUT2D eigenvalue weighted by molar-refractivity contribution is -0.140. The second-order valence-electron chi connectivity index (χ2n) is 12.0. The lowest BCUT2D eigenvalue weighted by atomic mass is 10.0. The Morgan fingerprint density at radius 1 is 0.826 bits per heavy atom. The van der Waals surface area contributed by atoms with E-state index in [4.69, 9.17) is 11.6 Å². The van der Waals surface area contributed by atoms with Gasteiger partial charge in [-0.05, 0) is 68.1 Å². The summed E-state index contributed by atoms with van der Waals surface area (Å²) >= 11 is 6.32. The van der Waals surface area contributed by atoms with E-state index in [1.54, 1.807) is 30.3 Å². The van der Waals surface area contributed by atoms with Gasteiger partial charge >= 0.3 is 0 Å². The topological polar surface area (TPSA) is 86.8 Å². The van der Waals surface area contributed by atoms with Crippen LogP contribution in [0.1, 0.15) is 47.9 Å². The number of halogens is 1. The molecular formula is C37H40ClN3O4S. The van der Waals surface area contributed by atoms with E-state index in [1.807, 2.05) is 68.4 Å². The number of hydrogen-bond donors (Lipinski definition) is 1. The van der Waals surface area contributed by atoms with Crippen LogP contribution < -0.4 is 9.62 Å². The first-order valence-corrected chi connectivity index (χ1v) is 17.5. The maximum absolute atomic E-state index is 14.6. The van der Waals surface area contributed by atoms with Crippen LogP contribution in [0.5, 0.6) is 0 Å². The molecule has 5 rings (SSSR count). The molecule has 4 aromatic carbocycles. The predicted octanol–water partition coefficient (Wildman–Crippen LogP) is 6.85. The molecule has 1 saturated carbocycles. The van der Waals surface area contributed by atoms with Crippen LogP contribution in [0.3, 0.4) is 0 Å². The molecule has 0 spiro atoms. The average molecular weight is 658 g/mol. The van der Waals surface area contributed by atoms with Gasteiger partial charge in [-0.25, -0.2) is 8.42 Å². The van der Waals surface area contributed by atoms with Gasteiger partial charge in [-0.1, -0.05) is 108 Å². The molecule has 1 fully saturated rings. The molecule has 1 aliphatic rings. The van der Waals surface area contributed by atoms with Crippen molar-refractivity contribution in [3.8, 4) is 0 Å². The zero-order valence-electron chi connectivity index (χ0n) is 26.2. The second-order valence-corrected chi connectivity index (χ2v) is 14.3. The maximum Gasteiger partial charge on any atom is 0.264 e. The van der Waals surface area contributed by atoms with Crippen molar-refractivity contribution in [3.63, 3.8) is 0 Å². The number of aryl methyl sites for hydroxylation is 2. The first kappa shape index (κ1) is 33.2. The molecule has 46 heavy (non-hydrogen) atoms. The van der Waals surface area contributed by atoms with Crippen molar-refractivity contribution in [2.45, 2.75) is 69.5 Å². The fourth-order valence-corrected chi connectivity index (χ4v) is 7.52. The van der Waals surface area contributed by atoms with Crippen LogP contribution in [0.25, 0.3) is 0 Å². The molecule has 0 unspecified atom stereocenters. The van der Waals surface area contributed by atoms with Crippen LogP contribution in [0.15, 0.2) is 108 Å².